The topological polar surface area (TPSA) is 72.7 Å². The van der Waals surface area contributed by atoms with Crippen LogP contribution in [0.4, 0.5) is 0 Å². The highest BCUT2D eigenvalue weighted by Gasteiger charge is 2.03. The monoisotopic (exact) mass is 159 g/mol. The summed E-state index contributed by atoms with van der Waals surface area (Å²) in [5.41, 5.74) is 1.06. The van der Waals surface area contributed by atoms with Crippen LogP contribution in [-0.2, 0) is 0 Å². The summed E-state index contributed by atoms with van der Waals surface area (Å²) in [6.07, 6.45) is 0. The number of aromatic amines is 1. The van der Waals surface area contributed by atoms with Crippen LogP contribution in [0.5, 0.6) is 5.75 Å². The van der Waals surface area contributed by atoms with Crippen molar-refractivity contribution in [2.75, 3.05) is 0 Å². The van der Waals surface area contributed by atoms with Crippen LogP contribution in [0.2, 0.25) is 0 Å². The minimum atomic E-state index is 0.139. The Morgan fingerprint density at radius 1 is 1.50 bits per heavy atom. The van der Waals surface area contributed by atoms with Gasteiger partial charge in [-0.2, -0.15) is 10.4 Å². The molecule has 0 bridgehead atoms. The first-order chi connectivity index (χ1) is 5.81. The lowest BCUT2D eigenvalue weighted by Crippen LogP contribution is -1.71. The zero-order valence-electron chi connectivity index (χ0n) is 6.07. The van der Waals surface area contributed by atoms with Crippen LogP contribution in [0.15, 0.2) is 18.2 Å². The van der Waals surface area contributed by atoms with Crippen LogP contribution in [0.3, 0.4) is 0 Å². The first kappa shape index (κ1) is 6.68. The van der Waals surface area contributed by atoms with Crippen molar-refractivity contribution in [2.24, 2.45) is 0 Å². The summed E-state index contributed by atoms with van der Waals surface area (Å²) in [5.74, 6) is 0.139. The molecular weight excluding hydrogens is 154 g/mol. The van der Waals surface area contributed by atoms with E-state index in [-0.39, 0.29) is 5.75 Å². The molecule has 0 saturated carbocycles. The Balaban J connectivity index is 2.86. The molecule has 2 aromatic rings. The average Bonchev–Trinajstić information content (AvgIpc) is 2.46. The van der Waals surface area contributed by atoms with Gasteiger partial charge in [0.15, 0.2) is 5.69 Å². The number of aromatic nitrogens is 2. The minimum Gasteiger partial charge on any atom is -0.508 e. The number of phenolic OH excluding ortho intramolecular Hbond substituents is 1. The van der Waals surface area contributed by atoms with E-state index in [0.29, 0.717) is 11.1 Å². The number of nitriles is 1. The SMILES string of the molecule is N#Cc1n[nH]c2ccc(O)cc12. The van der Waals surface area contributed by atoms with Gasteiger partial charge in [-0.25, -0.2) is 0 Å². The predicted molar refractivity (Wildman–Crippen MR) is 42.5 cm³/mol. The number of nitrogens with one attached hydrogen (secondary N) is 1. The molecule has 0 unspecified atom stereocenters. The standard InChI is InChI=1S/C8H5N3O/c9-4-8-6-3-5(12)1-2-7(6)10-11-8/h1-3,12H,(H,10,11). The molecule has 2 rings (SSSR count). The predicted octanol–water partition coefficient (Wildman–Crippen LogP) is 1.14. The molecule has 0 radical (unpaired) electrons. The molecule has 12 heavy (non-hydrogen) atoms. The lowest BCUT2D eigenvalue weighted by molar-refractivity contribution is 0.476. The molecule has 0 fully saturated rings. The molecule has 58 valence electrons. The van der Waals surface area contributed by atoms with E-state index >= 15 is 0 Å². The van der Waals surface area contributed by atoms with Gasteiger partial charge in [0.25, 0.3) is 0 Å². The van der Waals surface area contributed by atoms with Gasteiger partial charge in [-0.05, 0) is 18.2 Å². The van der Waals surface area contributed by atoms with E-state index in [1.54, 1.807) is 12.1 Å². The molecule has 0 aliphatic carbocycles. The van der Waals surface area contributed by atoms with Crippen molar-refractivity contribution >= 4 is 10.9 Å². The van der Waals surface area contributed by atoms with Crippen LogP contribution >= 0.6 is 0 Å². The molecule has 1 heterocycles. The van der Waals surface area contributed by atoms with Crippen LogP contribution < -0.4 is 0 Å². The summed E-state index contributed by atoms with van der Waals surface area (Å²) in [7, 11) is 0. The van der Waals surface area contributed by atoms with Gasteiger partial charge < -0.3 is 5.11 Å². The quantitative estimate of drug-likeness (QED) is 0.605. The number of H-pyrrole nitrogens is 1. The van der Waals surface area contributed by atoms with Gasteiger partial charge in [0.2, 0.25) is 0 Å². The highest BCUT2D eigenvalue weighted by molar-refractivity contribution is 5.84. The Hall–Kier alpha value is -2.02. The molecule has 2 N–H and O–H groups in total. The smallest absolute Gasteiger partial charge is 0.170 e. The maximum atomic E-state index is 9.12. The zero-order valence-corrected chi connectivity index (χ0v) is 6.07. The van der Waals surface area contributed by atoms with Crippen molar-refractivity contribution in [3.05, 3.63) is 23.9 Å². The van der Waals surface area contributed by atoms with E-state index in [1.165, 1.54) is 6.07 Å². The average molecular weight is 159 g/mol. The third-order valence-corrected chi connectivity index (χ3v) is 1.65. The highest BCUT2D eigenvalue weighted by atomic mass is 16.3. The highest BCUT2D eigenvalue weighted by Crippen LogP contribution is 2.20. The van der Waals surface area contributed by atoms with E-state index in [0.717, 1.165) is 5.52 Å². The van der Waals surface area contributed by atoms with Gasteiger partial charge in [0, 0.05) is 5.39 Å². The first-order valence-corrected chi connectivity index (χ1v) is 3.38. The largest absolute Gasteiger partial charge is 0.508 e. The fourth-order valence-electron chi connectivity index (χ4n) is 1.09. The summed E-state index contributed by atoms with van der Waals surface area (Å²) < 4.78 is 0. The van der Waals surface area contributed by atoms with E-state index in [9.17, 15) is 0 Å². The molecular formula is C8H5N3O. The fraction of sp³-hybridized carbons (Fsp3) is 0. The molecule has 1 aromatic carbocycles. The van der Waals surface area contributed by atoms with Gasteiger partial charge in [0.1, 0.15) is 11.8 Å². The molecule has 0 saturated heterocycles. The van der Waals surface area contributed by atoms with Gasteiger partial charge in [-0.3, -0.25) is 5.10 Å². The Bertz CT molecular complexity index is 467. The summed E-state index contributed by atoms with van der Waals surface area (Å²) in [6.45, 7) is 0. The van der Waals surface area contributed by atoms with E-state index in [2.05, 4.69) is 10.2 Å². The zero-order chi connectivity index (χ0) is 8.55. The Morgan fingerprint density at radius 3 is 3.08 bits per heavy atom. The summed E-state index contributed by atoms with van der Waals surface area (Å²) in [5, 5.41) is 24.8. The second kappa shape index (κ2) is 2.24. The van der Waals surface area contributed by atoms with Gasteiger partial charge >= 0.3 is 0 Å². The van der Waals surface area contributed by atoms with Crippen molar-refractivity contribution < 1.29 is 5.11 Å². The van der Waals surface area contributed by atoms with Crippen LogP contribution in [-0.4, -0.2) is 15.3 Å². The Morgan fingerprint density at radius 2 is 2.33 bits per heavy atom. The number of nitrogens with zero attached hydrogens (tertiary/aromatic N) is 2. The molecule has 4 nitrogen and oxygen atoms in total. The summed E-state index contributed by atoms with van der Waals surface area (Å²) >= 11 is 0. The first-order valence-electron chi connectivity index (χ1n) is 3.38. The van der Waals surface area contributed by atoms with Gasteiger partial charge in [-0.1, -0.05) is 0 Å². The van der Waals surface area contributed by atoms with Crippen molar-refractivity contribution in [1.82, 2.24) is 10.2 Å². The van der Waals surface area contributed by atoms with Crippen LogP contribution in [0.25, 0.3) is 10.9 Å². The van der Waals surface area contributed by atoms with Gasteiger partial charge in [-0.15, -0.1) is 0 Å². The van der Waals surface area contributed by atoms with E-state index in [4.69, 9.17) is 10.4 Å². The lowest BCUT2D eigenvalue weighted by atomic mass is 10.2. The minimum absolute atomic E-state index is 0.139. The number of rotatable bonds is 0. The van der Waals surface area contributed by atoms with Crippen LogP contribution in [0.1, 0.15) is 5.69 Å². The molecule has 0 aliphatic rings. The Labute approximate surface area is 68.1 Å². The normalized spacial score (nSPS) is 9.92. The van der Waals surface area contributed by atoms with Crippen molar-refractivity contribution in [3.63, 3.8) is 0 Å². The number of hydrogen-bond donors (Lipinski definition) is 2. The third-order valence-electron chi connectivity index (χ3n) is 1.65. The van der Waals surface area contributed by atoms with Crippen molar-refractivity contribution in [2.45, 2.75) is 0 Å². The maximum absolute atomic E-state index is 9.12. The molecule has 0 amide bonds. The number of hydrogen-bond acceptors (Lipinski definition) is 3. The summed E-state index contributed by atoms with van der Waals surface area (Å²) in [6, 6.07) is 6.66. The molecule has 0 aliphatic heterocycles. The van der Waals surface area contributed by atoms with Crippen molar-refractivity contribution in [3.8, 4) is 11.8 Å². The van der Waals surface area contributed by atoms with Crippen molar-refractivity contribution in [1.29, 1.82) is 5.26 Å². The van der Waals surface area contributed by atoms with E-state index in [1.807, 2.05) is 6.07 Å². The lowest BCUT2D eigenvalue weighted by Gasteiger charge is -1.89. The summed E-state index contributed by atoms with van der Waals surface area (Å²) in [4.78, 5) is 0. The molecule has 4 heteroatoms. The van der Waals surface area contributed by atoms with Gasteiger partial charge in [0.05, 0.1) is 5.52 Å². The molecule has 0 atom stereocenters. The van der Waals surface area contributed by atoms with E-state index < -0.39 is 0 Å². The second-order valence-electron chi connectivity index (χ2n) is 2.41. The number of benzene rings is 1. The fourth-order valence-corrected chi connectivity index (χ4v) is 1.09. The third kappa shape index (κ3) is 0.805. The number of fused-ring (bicyclic) bond motifs is 1. The second-order valence-corrected chi connectivity index (χ2v) is 2.41. The number of phenols is 1. The number of aromatic hydroxyl groups is 1. The van der Waals surface area contributed by atoms with Crippen LogP contribution in [0, 0.1) is 11.3 Å². The molecule has 1 aromatic heterocycles. The molecule has 0 spiro atoms. The Kier molecular flexibility index (Phi) is 1.25. The maximum Gasteiger partial charge on any atom is 0.170 e.